The maximum absolute atomic E-state index is 13.6. The quantitative estimate of drug-likeness (QED) is 0.859. The van der Waals surface area contributed by atoms with E-state index in [4.69, 9.17) is 5.73 Å². The van der Waals surface area contributed by atoms with Crippen molar-refractivity contribution in [2.45, 2.75) is 26.3 Å². The molecule has 6 heteroatoms. The van der Waals surface area contributed by atoms with E-state index in [0.717, 1.165) is 23.1 Å². The largest absolute Gasteiger partial charge is 0.322 e. The number of carbonyl (C=O) groups is 2. The molecule has 1 fully saturated rings. The van der Waals surface area contributed by atoms with Crippen molar-refractivity contribution in [1.82, 2.24) is 4.90 Å². The van der Waals surface area contributed by atoms with Crippen molar-refractivity contribution >= 4 is 11.8 Å². The molecule has 1 aliphatic heterocycles. The van der Waals surface area contributed by atoms with Gasteiger partial charge in [0.05, 0.1) is 11.5 Å². The Bertz CT molecular complexity index is 572. The van der Waals surface area contributed by atoms with Crippen molar-refractivity contribution < 1.29 is 18.4 Å². The Balaban J connectivity index is 2.20. The molecule has 0 saturated carbocycles. The van der Waals surface area contributed by atoms with Gasteiger partial charge in [0.2, 0.25) is 11.8 Å². The highest BCUT2D eigenvalue weighted by molar-refractivity contribution is 6.05. The van der Waals surface area contributed by atoms with E-state index in [1.165, 1.54) is 0 Å². The fraction of sp³-hybridized carbons (Fsp3) is 0.429. The minimum Gasteiger partial charge on any atom is -0.322 e. The molecule has 1 aliphatic rings. The molecule has 0 aromatic heterocycles. The van der Waals surface area contributed by atoms with Gasteiger partial charge in [0, 0.05) is 18.5 Å². The monoisotopic (exact) mass is 282 g/mol. The summed E-state index contributed by atoms with van der Waals surface area (Å²) in [7, 11) is 0. The van der Waals surface area contributed by atoms with Crippen LogP contribution in [0.4, 0.5) is 8.78 Å². The van der Waals surface area contributed by atoms with E-state index >= 15 is 0 Å². The average Bonchev–Trinajstić information content (AvgIpc) is 2.54. The van der Waals surface area contributed by atoms with Crippen LogP contribution >= 0.6 is 0 Å². The zero-order valence-electron chi connectivity index (χ0n) is 11.3. The van der Waals surface area contributed by atoms with Gasteiger partial charge in [-0.05, 0) is 18.2 Å². The first-order valence-corrected chi connectivity index (χ1v) is 6.28. The lowest BCUT2D eigenvalue weighted by atomic mass is 9.92. The minimum atomic E-state index is -0.951. The molecular weight excluding hydrogens is 266 g/mol. The van der Waals surface area contributed by atoms with Crippen LogP contribution in [0.25, 0.3) is 0 Å². The van der Waals surface area contributed by atoms with Gasteiger partial charge in [0.25, 0.3) is 0 Å². The second kappa shape index (κ2) is 4.94. The van der Waals surface area contributed by atoms with Gasteiger partial charge in [-0.3, -0.25) is 14.5 Å². The highest BCUT2D eigenvalue weighted by atomic mass is 19.1. The summed E-state index contributed by atoms with van der Waals surface area (Å²) in [5.74, 6) is -1.95. The molecule has 0 bridgehead atoms. The van der Waals surface area contributed by atoms with Crippen LogP contribution in [0.15, 0.2) is 18.2 Å². The van der Waals surface area contributed by atoms with Crippen LogP contribution in [0.3, 0.4) is 0 Å². The molecule has 1 aromatic carbocycles. The van der Waals surface area contributed by atoms with Gasteiger partial charge in [-0.15, -0.1) is 0 Å². The molecule has 0 radical (unpaired) electrons. The molecule has 2 rings (SSSR count). The van der Waals surface area contributed by atoms with E-state index in [2.05, 4.69) is 0 Å². The molecule has 1 atom stereocenters. The number of amides is 2. The predicted molar refractivity (Wildman–Crippen MR) is 68.4 cm³/mol. The molecule has 1 aromatic rings. The van der Waals surface area contributed by atoms with Gasteiger partial charge in [0.15, 0.2) is 0 Å². The highest BCUT2D eigenvalue weighted by Crippen LogP contribution is 2.32. The second-order valence-corrected chi connectivity index (χ2v) is 5.64. The summed E-state index contributed by atoms with van der Waals surface area (Å²) in [5, 5.41) is 0. The Labute approximate surface area is 115 Å². The summed E-state index contributed by atoms with van der Waals surface area (Å²) in [6, 6.07) is 1.99. The van der Waals surface area contributed by atoms with E-state index in [1.54, 1.807) is 13.8 Å². The third-order valence-electron chi connectivity index (χ3n) is 3.46. The molecule has 108 valence electrons. The van der Waals surface area contributed by atoms with Gasteiger partial charge < -0.3 is 5.73 Å². The van der Waals surface area contributed by atoms with Gasteiger partial charge >= 0.3 is 0 Å². The van der Waals surface area contributed by atoms with E-state index in [-0.39, 0.29) is 30.3 Å². The van der Waals surface area contributed by atoms with Crippen LogP contribution in [0.5, 0.6) is 0 Å². The fourth-order valence-corrected chi connectivity index (χ4v) is 2.31. The first kappa shape index (κ1) is 14.6. The van der Waals surface area contributed by atoms with Crippen LogP contribution in [0, 0.1) is 17.0 Å². The van der Waals surface area contributed by atoms with Crippen molar-refractivity contribution in [2.75, 3.05) is 6.54 Å². The van der Waals surface area contributed by atoms with Crippen LogP contribution in [-0.4, -0.2) is 23.3 Å². The summed E-state index contributed by atoms with van der Waals surface area (Å²) in [6.07, 6.45) is 0.101. The summed E-state index contributed by atoms with van der Waals surface area (Å²) >= 11 is 0. The van der Waals surface area contributed by atoms with Gasteiger partial charge in [-0.25, -0.2) is 8.78 Å². The Hall–Kier alpha value is -1.82. The SMILES string of the molecule is CC1(C)CC(=O)N(CC(N)c2cc(F)ccc2F)C1=O. The van der Waals surface area contributed by atoms with Crippen LogP contribution in [0.2, 0.25) is 0 Å². The van der Waals surface area contributed by atoms with E-state index in [1.807, 2.05) is 0 Å². The van der Waals surface area contributed by atoms with Crippen LogP contribution in [0.1, 0.15) is 31.9 Å². The fourth-order valence-electron chi connectivity index (χ4n) is 2.31. The topological polar surface area (TPSA) is 63.4 Å². The second-order valence-electron chi connectivity index (χ2n) is 5.64. The van der Waals surface area contributed by atoms with E-state index < -0.39 is 23.1 Å². The van der Waals surface area contributed by atoms with Gasteiger partial charge in [-0.2, -0.15) is 0 Å². The van der Waals surface area contributed by atoms with Gasteiger partial charge in [0.1, 0.15) is 11.6 Å². The van der Waals surface area contributed by atoms with Crippen LogP contribution in [-0.2, 0) is 9.59 Å². The molecule has 0 spiro atoms. The molecule has 1 saturated heterocycles. The molecule has 1 unspecified atom stereocenters. The van der Waals surface area contributed by atoms with Crippen molar-refractivity contribution in [2.24, 2.45) is 11.1 Å². The Morgan fingerprint density at radius 1 is 1.35 bits per heavy atom. The third-order valence-corrected chi connectivity index (χ3v) is 3.46. The number of imide groups is 1. The van der Waals surface area contributed by atoms with Crippen molar-refractivity contribution in [1.29, 1.82) is 0 Å². The smallest absolute Gasteiger partial charge is 0.235 e. The number of nitrogens with two attached hydrogens (primary N) is 1. The van der Waals surface area contributed by atoms with E-state index in [0.29, 0.717) is 0 Å². The Morgan fingerprint density at radius 3 is 2.55 bits per heavy atom. The standard InChI is InChI=1S/C14H16F2N2O2/c1-14(2)6-12(19)18(13(14)20)7-11(17)9-5-8(15)3-4-10(9)16/h3-5,11H,6-7,17H2,1-2H3. The summed E-state index contributed by atoms with van der Waals surface area (Å²) in [6.45, 7) is 3.19. The number of rotatable bonds is 3. The van der Waals surface area contributed by atoms with Gasteiger partial charge in [-0.1, -0.05) is 13.8 Å². The molecule has 0 aliphatic carbocycles. The van der Waals surface area contributed by atoms with Crippen molar-refractivity contribution in [3.8, 4) is 0 Å². The predicted octanol–water partition coefficient (Wildman–Crippen LogP) is 1.75. The molecule has 2 N–H and O–H groups in total. The highest BCUT2D eigenvalue weighted by Gasteiger charge is 2.45. The lowest BCUT2D eigenvalue weighted by Gasteiger charge is -2.22. The Morgan fingerprint density at radius 2 is 2.00 bits per heavy atom. The number of benzene rings is 1. The first-order valence-electron chi connectivity index (χ1n) is 6.28. The number of likely N-dealkylation sites (tertiary alicyclic amines) is 1. The summed E-state index contributed by atoms with van der Waals surface area (Å²) in [5.41, 5.74) is 4.99. The number of hydrogen-bond donors (Lipinski definition) is 1. The number of nitrogens with zero attached hydrogens (tertiary/aromatic N) is 1. The maximum atomic E-state index is 13.6. The number of hydrogen-bond acceptors (Lipinski definition) is 3. The zero-order chi connectivity index (χ0) is 15.1. The summed E-state index contributed by atoms with van der Waals surface area (Å²) < 4.78 is 26.7. The normalized spacial score (nSPS) is 19.6. The first-order chi connectivity index (χ1) is 9.22. The van der Waals surface area contributed by atoms with Crippen LogP contribution < -0.4 is 5.73 Å². The molecule has 20 heavy (non-hydrogen) atoms. The molecule has 2 amide bonds. The lowest BCUT2D eigenvalue weighted by Crippen LogP contribution is -2.38. The average molecular weight is 282 g/mol. The Kier molecular flexibility index (Phi) is 3.60. The molecule has 4 nitrogen and oxygen atoms in total. The van der Waals surface area contributed by atoms with E-state index in [9.17, 15) is 18.4 Å². The molecule has 1 heterocycles. The van der Waals surface area contributed by atoms with Crippen molar-refractivity contribution in [3.05, 3.63) is 35.4 Å². The minimum absolute atomic E-state index is 0.0460. The third kappa shape index (κ3) is 2.56. The summed E-state index contributed by atoms with van der Waals surface area (Å²) in [4.78, 5) is 24.9. The number of halogens is 2. The number of carbonyl (C=O) groups excluding carboxylic acids is 2. The zero-order valence-corrected chi connectivity index (χ0v) is 11.3. The van der Waals surface area contributed by atoms with Crippen molar-refractivity contribution in [3.63, 3.8) is 0 Å². The lowest BCUT2D eigenvalue weighted by molar-refractivity contribution is -0.141. The molecular formula is C14H16F2N2O2. The maximum Gasteiger partial charge on any atom is 0.235 e.